The maximum atomic E-state index is 12.6. The fourth-order valence-electron chi connectivity index (χ4n) is 3.41. The second-order valence-corrected chi connectivity index (χ2v) is 5.84. The molecule has 0 radical (unpaired) electrons. The van der Waals surface area contributed by atoms with Crippen molar-refractivity contribution in [3.63, 3.8) is 0 Å². The molecule has 1 aromatic heterocycles. The molecule has 1 aromatic rings. The van der Waals surface area contributed by atoms with Crippen molar-refractivity contribution >= 4 is 11.9 Å². The number of likely N-dealkylation sites (N-methyl/N-ethyl adjacent to an activating group) is 1. The molecule has 21 heavy (non-hydrogen) atoms. The van der Waals surface area contributed by atoms with Gasteiger partial charge < -0.3 is 14.8 Å². The fourth-order valence-corrected chi connectivity index (χ4v) is 3.41. The number of aryl methyl sites for hydroxylation is 1. The van der Waals surface area contributed by atoms with Crippen molar-refractivity contribution in [1.29, 1.82) is 0 Å². The molecule has 116 valence electrons. The summed E-state index contributed by atoms with van der Waals surface area (Å²) in [5.41, 5.74) is 0.583. The monoisotopic (exact) mass is 291 g/mol. The zero-order chi connectivity index (χ0) is 14.8. The minimum Gasteiger partial charge on any atom is -0.356 e. The predicted octanol–water partition coefficient (Wildman–Crippen LogP) is 1.25. The summed E-state index contributed by atoms with van der Waals surface area (Å²) in [6.45, 7) is 10.0. The molecule has 0 bridgehead atoms. The number of aromatic nitrogens is 2. The summed E-state index contributed by atoms with van der Waals surface area (Å²) in [6, 6.07) is 0.499. The van der Waals surface area contributed by atoms with Crippen LogP contribution in [0.4, 0.5) is 5.95 Å². The van der Waals surface area contributed by atoms with Crippen molar-refractivity contribution in [2.24, 2.45) is 0 Å². The Balaban J connectivity index is 1.67. The Morgan fingerprint density at radius 3 is 2.95 bits per heavy atom. The SMILES string of the molecule is CCN(CC)C1CCN(C(=O)c2cn3c(n2)NCCC3)C1. The van der Waals surface area contributed by atoms with Crippen molar-refractivity contribution in [3.8, 4) is 0 Å². The Morgan fingerprint density at radius 2 is 2.24 bits per heavy atom. The number of imidazole rings is 1. The summed E-state index contributed by atoms with van der Waals surface area (Å²) < 4.78 is 2.05. The van der Waals surface area contributed by atoms with Crippen molar-refractivity contribution in [2.75, 3.05) is 38.0 Å². The van der Waals surface area contributed by atoms with E-state index in [1.54, 1.807) is 0 Å². The lowest BCUT2D eigenvalue weighted by Crippen LogP contribution is -2.38. The Bertz CT molecular complexity index is 485. The summed E-state index contributed by atoms with van der Waals surface area (Å²) >= 11 is 0. The first-order valence-corrected chi connectivity index (χ1v) is 8.07. The first-order chi connectivity index (χ1) is 10.2. The van der Waals surface area contributed by atoms with E-state index in [9.17, 15) is 4.79 Å². The molecule has 3 rings (SSSR count). The molecule has 1 saturated heterocycles. The number of hydrogen-bond donors (Lipinski definition) is 1. The van der Waals surface area contributed by atoms with Crippen LogP contribution in [-0.4, -0.2) is 64.0 Å². The molecule has 6 nitrogen and oxygen atoms in total. The molecule has 1 amide bonds. The molecule has 0 saturated carbocycles. The van der Waals surface area contributed by atoms with Gasteiger partial charge in [0.05, 0.1) is 0 Å². The number of nitrogens with zero attached hydrogens (tertiary/aromatic N) is 4. The van der Waals surface area contributed by atoms with Crippen LogP contribution >= 0.6 is 0 Å². The zero-order valence-corrected chi connectivity index (χ0v) is 13.0. The Kier molecular flexibility index (Phi) is 4.14. The minimum atomic E-state index is 0.0772. The van der Waals surface area contributed by atoms with E-state index in [4.69, 9.17) is 0 Å². The molecule has 1 unspecified atom stereocenters. The van der Waals surface area contributed by atoms with Gasteiger partial charge in [-0.15, -0.1) is 0 Å². The first-order valence-electron chi connectivity index (χ1n) is 8.07. The van der Waals surface area contributed by atoms with E-state index in [2.05, 4.69) is 33.6 Å². The molecule has 2 aliphatic heterocycles. The third-order valence-corrected chi connectivity index (χ3v) is 4.63. The van der Waals surface area contributed by atoms with Crippen molar-refractivity contribution < 1.29 is 4.79 Å². The lowest BCUT2D eigenvalue weighted by atomic mass is 10.2. The number of rotatable bonds is 4. The van der Waals surface area contributed by atoms with Crippen LogP contribution in [-0.2, 0) is 6.54 Å². The second kappa shape index (κ2) is 6.05. The van der Waals surface area contributed by atoms with E-state index in [1.165, 1.54) is 0 Å². The molecule has 3 heterocycles. The van der Waals surface area contributed by atoms with Gasteiger partial charge >= 0.3 is 0 Å². The normalized spacial score (nSPS) is 21.5. The lowest BCUT2D eigenvalue weighted by Gasteiger charge is -2.25. The summed E-state index contributed by atoms with van der Waals surface area (Å²) in [4.78, 5) is 21.5. The van der Waals surface area contributed by atoms with Gasteiger partial charge in [-0.3, -0.25) is 9.69 Å². The lowest BCUT2D eigenvalue weighted by molar-refractivity contribution is 0.0772. The van der Waals surface area contributed by atoms with Crippen LogP contribution in [0.25, 0.3) is 0 Å². The zero-order valence-electron chi connectivity index (χ0n) is 13.0. The number of anilines is 1. The molecule has 1 N–H and O–H groups in total. The second-order valence-electron chi connectivity index (χ2n) is 5.84. The van der Waals surface area contributed by atoms with E-state index in [0.29, 0.717) is 11.7 Å². The molecule has 0 aromatic carbocycles. The smallest absolute Gasteiger partial charge is 0.274 e. The molecule has 1 fully saturated rings. The molecule has 0 spiro atoms. The van der Waals surface area contributed by atoms with Gasteiger partial charge in [-0.25, -0.2) is 4.98 Å². The van der Waals surface area contributed by atoms with Crippen LogP contribution in [0, 0.1) is 0 Å². The first kappa shape index (κ1) is 14.4. The van der Waals surface area contributed by atoms with Gasteiger partial charge in [0.15, 0.2) is 0 Å². The number of amides is 1. The van der Waals surface area contributed by atoms with Crippen LogP contribution in [0.5, 0.6) is 0 Å². The number of nitrogens with one attached hydrogen (secondary N) is 1. The highest BCUT2D eigenvalue weighted by molar-refractivity contribution is 5.92. The van der Waals surface area contributed by atoms with Gasteiger partial charge in [-0.2, -0.15) is 0 Å². The standard InChI is InChI=1S/C15H25N5O/c1-3-18(4-2)12-6-9-19(10-12)14(21)13-11-20-8-5-7-16-15(20)17-13/h11-12H,3-10H2,1-2H3,(H,16,17). The largest absolute Gasteiger partial charge is 0.356 e. The summed E-state index contributed by atoms with van der Waals surface area (Å²) in [5.74, 6) is 0.914. The summed E-state index contributed by atoms with van der Waals surface area (Å²) in [6.07, 6.45) is 4.05. The van der Waals surface area contributed by atoms with E-state index in [0.717, 1.165) is 58.1 Å². The third kappa shape index (κ3) is 2.77. The van der Waals surface area contributed by atoms with Crippen molar-refractivity contribution in [1.82, 2.24) is 19.4 Å². The van der Waals surface area contributed by atoms with Crippen LogP contribution in [0.15, 0.2) is 6.20 Å². The number of carbonyl (C=O) groups excluding carboxylic acids is 1. The summed E-state index contributed by atoms with van der Waals surface area (Å²) in [5, 5.41) is 3.25. The van der Waals surface area contributed by atoms with E-state index >= 15 is 0 Å². The highest BCUT2D eigenvalue weighted by Gasteiger charge is 2.31. The number of fused-ring (bicyclic) bond motifs is 1. The highest BCUT2D eigenvalue weighted by atomic mass is 16.2. The van der Waals surface area contributed by atoms with Crippen LogP contribution in [0.1, 0.15) is 37.2 Å². The Labute approximate surface area is 126 Å². The number of carbonyl (C=O) groups is 1. The Morgan fingerprint density at radius 1 is 1.43 bits per heavy atom. The van der Waals surface area contributed by atoms with Gasteiger partial charge in [0.1, 0.15) is 5.69 Å². The number of likely N-dealkylation sites (tertiary alicyclic amines) is 1. The topological polar surface area (TPSA) is 53.4 Å². The maximum absolute atomic E-state index is 12.6. The number of hydrogen-bond acceptors (Lipinski definition) is 4. The van der Waals surface area contributed by atoms with E-state index in [-0.39, 0.29) is 5.91 Å². The van der Waals surface area contributed by atoms with E-state index < -0.39 is 0 Å². The van der Waals surface area contributed by atoms with Crippen LogP contribution in [0.2, 0.25) is 0 Å². The third-order valence-electron chi connectivity index (χ3n) is 4.63. The van der Waals surface area contributed by atoms with Gasteiger partial charge in [-0.1, -0.05) is 13.8 Å². The summed E-state index contributed by atoms with van der Waals surface area (Å²) in [7, 11) is 0. The maximum Gasteiger partial charge on any atom is 0.274 e. The highest BCUT2D eigenvalue weighted by Crippen LogP contribution is 2.20. The molecule has 6 heteroatoms. The Hall–Kier alpha value is -1.56. The molecule has 0 aliphatic carbocycles. The molecule has 1 atom stereocenters. The molecule has 2 aliphatic rings. The van der Waals surface area contributed by atoms with Gasteiger partial charge in [-0.05, 0) is 25.9 Å². The van der Waals surface area contributed by atoms with Gasteiger partial charge in [0.2, 0.25) is 5.95 Å². The van der Waals surface area contributed by atoms with Crippen molar-refractivity contribution in [2.45, 2.75) is 39.3 Å². The van der Waals surface area contributed by atoms with Crippen LogP contribution < -0.4 is 5.32 Å². The minimum absolute atomic E-state index is 0.0772. The quantitative estimate of drug-likeness (QED) is 0.907. The van der Waals surface area contributed by atoms with Gasteiger partial charge in [0.25, 0.3) is 5.91 Å². The average Bonchev–Trinajstić information content (AvgIpc) is 3.14. The van der Waals surface area contributed by atoms with Gasteiger partial charge in [0, 0.05) is 38.4 Å². The van der Waals surface area contributed by atoms with E-state index in [1.807, 2.05) is 11.1 Å². The predicted molar refractivity (Wildman–Crippen MR) is 82.6 cm³/mol. The van der Waals surface area contributed by atoms with Crippen molar-refractivity contribution in [3.05, 3.63) is 11.9 Å². The molecular weight excluding hydrogens is 266 g/mol. The fraction of sp³-hybridized carbons (Fsp3) is 0.733. The average molecular weight is 291 g/mol. The van der Waals surface area contributed by atoms with Crippen LogP contribution in [0.3, 0.4) is 0 Å². The molecular formula is C15H25N5O.